The Morgan fingerprint density at radius 3 is 2.22 bits per heavy atom. The van der Waals surface area contributed by atoms with Crippen molar-refractivity contribution in [3.05, 3.63) is 102 Å². The van der Waals surface area contributed by atoms with Crippen LogP contribution in [0.5, 0.6) is 5.75 Å². The van der Waals surface area contributed by atoms with Gasteiger partial charge in [0.1, 0.15) is 24.5 Å². The van der Waals surface area contributed by atoms with E-state index in [9.17, 15) is 0 Å². The van der Waals surface area contributed by atoms with E-state index in [1.54, 1.807) is 11.0 Å². The standard InChI is InChI=1S/C22H18ClN3O/c23-20-10-12-21(13-11-20)27-22(14-26-16-24-15-25-26)19-8-6-18(7-9-19)17-4-2-1-3-5-17/h1-13,15-16,22H,14H2. The summed E-state index contributed by atoms with van der Waals surface area (Å²) in [6, 6.07) is 26.1. The van der Waals surface area contributed by atoms with Gasteiger partial charge in [-0.2, -0.15) is 5.10 Å². The number of benzene rings is 3. The predicted molar refractivity (Wildman–Crippen MR) is 107 cm³/mol. The van der Waals surface area contributed by atoms with Gasteiger partial charge in [-0.25, -0.2) is 9.67 Å². The van der Waals surface area contributed by atoms with Crippen molar-refractivity contribution in [2.24, 2.45) is 0 Å². The fraction of sp³-hybridized carbons (Fsp3) is 0.0909. The van der Waals surface area contributed by atoms with Gasteiger partial charge in [0, 0.05) is 5.02 Å². The number of rotatable bonds is 6. The second kappa shape index (κ2) is 8.06. The maximum Gasteiger partial charge on any atom is 0.143 e. The lowest BCUT2D eigenvalue weighted by Gasteiger charge is -2.20. The Hall–Kier alpha value is -3.11. The van der Waals surface area contributed by atoms with E-state index < -0.39 is 0 Å². The minimum Gasteiger partial charge on any atom is -0.484 e. The summed E-state index contributed by atoms with van der Waals surface area (Å²) in [5.41, 5.74) is 3.43. The molecule has 0 fully saturated rings. The van der Waals surface area contributed by atoms with Crippen LogP contribution in [0, 0.1) is 0 Å². The minimum atomic E-state index is -0.197. The summed E-state index contributed by atoms with van der Waals surface area (Å²) in [6.07, 6.45) is 3.02. The second-order valence-corrected chi connectivity index (χ2v) is 6.60. The normalized spacial score (nSPS) is 11.9. The van der Waals surface area contributed by atoms with E-state index in [1.165, 1.54) is 17.5 Å². The monoisotopic (exact) mass is 375 g/mol. The number of ether oxygens (including phenoxy) is 1. The molecule has 4 rings (SSSR count). The Labute approximate surface area is 163 Å². The summed E-state index contributed by atoms with van der Waals surface area (Å²) < 4.78 is 8.00. The third kappa shape index (κ3) is 4.36. The van der Waals surface area contributed by atoms with Crippen LogP contribution in [0.1, 0.15) is 11.7 Å². The molecule has 1 heterocycles. The van der Waals surface area contributed by atoms with Crippen LogP contribution < -0.4 is 4.74 Å². The molecule has 0 radical (unpaired) electrons. The van der Waals surface area contributed by atoms with Gasteiger partial charge in [-0.05, 0) is 41.0 Å². The predicted octanol–water partition coefficient (Wildman–Crippen LogP) is 5.42. The number of halogens is 1. The molecular weight excluding hydrogens is 358 g/mol. The molecule has 5 heteroatoms. The van der Waals surface area contributed by atoms with Gasteiger partial charge in [0.05, 0.1) is 6.54 Å². The molecule has 0 bridgehead atoms. The lowest BCUT2D eigenvalue weighted by molar-refractivity contribution is 0.178. The first-order valence-electron chi connectivity index (χ1n) is 8.68. The Morgan fingerprint density at radius 1 is 0.852 bits per heavy atom. The van der Waals surface area contributed by atoms with E-state index in [4.69, 9.17) is 16.3 Å². The van der Waals surface area contributed by atoms with Crippen molar-refractivity contribution in [2.75, 3.05) is 0 Å². The first-order valence-corrected chi connectivity index (χ1v) is 9.06. The van der Waals surface area contributed by atoms with Crippen molar-refractivity contribution < 1.29 is 4.74 Å². The summed E-state index contributed by atoms with van der Waals surface area (Å²) >= 11 is 5.98. The van der Waals surface area contributed by atoms with Crippen LogP contribution in [0.3, 0.4) is 0 Å². The molecule has 4 aromatic rings. The smallest absolute Gasteiger partial charge is 0.143 e. The van der Waals surface area contributed by atoms with Gasteiger partial charge in [0.2, 0.25) is 0 Å². The topological polar surface area (TPSA) is 39.9 Å². The average molecular weight is 376 g/mol. The zero-order chi connectivity index (χ0) is 18.5. The first kappa shape index (κ1) is 17.3. The van der Waals surface area contributed by atoms with E-state index in [2.05, 4.69) is 46.5 Å². The largest absolute Gasteiger partial charge is 0.484 e. The third-order valence-electron chi connectivity index (χ3n) is 4.30. The number of hydrogen-bond donors (Lipinski definition) is 0. The van der Waals surface area contributed by atoms with Crippen molar-refractivity contribution in [2.45, 2.75) is 12.6 Å². The van der Waals surface area contributed by atoms with Crippen molar-refractivity contribution >= 4 is 11.6 Å². The molecule has 0 amide bonds. The highest BCUT2D eigenvalue weighted by molar-refractivity contribution is 6.30. The highest BCUT2D eigenvalue weighted by Crippen LogP contribution is 2.27. The van der Waals surface area contributed by atoms with Crippen LogP contribution in [-0.4, -0.2) is 14.8 Å². The van der Waals surface area contributed by atoms with E-state index in [0.29, 0.717) is 11.6 Å². The number of nitrogens with zero attached hydrogens (tertiary/aromatic N) is 3. The minimum absolute atomic E-state index is 0.197. The summed E-state index contributed by atoms with van der Waals surface area (Å²) in [5.74, 6) is 0.761. The molecule has 1 unspecified atom stereocenters. The van der Waals surface area contributed by atoms with Crippen LogP contribution in [0.4, 0.5) is 0 Å². The summed E-state index contributed by atoms with van der Waals surface area (Å²) in [5, 5.41) is 4.89. The fourth-order valence-electron chi connectivity index (χ4n) is 2.91. The number of hydrogen-bond acceptors (Lipinski definition) is 3. The average Bonchev–Trinajstić information content (AvgIpc) is 3.23. The van der Waals surface area contributed by atoms with E-state index >= 15 is 0 Å². The van der Waals surface area contributed by atoms with Crippen molar-refractivity contribution in [1.82, 2.24) is 14.8 Å². The molecule has 0 spiro atoms. The Morgan fingerprint density at radius 2 is 1.56 bits per heavy atom. The zero-order valence-electron chi connectivity index (χ0n) is 14.6. The Kier molecular flexibility index (Phi) is 5.17. The van der Waals surface area contributed by atoms with Gasteiger partial charge in [-0.3, -0.25) is 0 Å². The highest BCUT2D eigenvalue weighted by Gasteiger charge is 2.15. The van der Waals surface area contributed by atoms with Gasteiger partial charge >= 0.3 is 0 Å². The molecule has 4 nitrogen and oxygen atoms in total. The molecular formula is C22H18ClN3O. The van der Waals surface area contributed by atoms with Crippen molar-refractivity contribution in [1.29, 1.82) is 0 Å². The molecule has 0 saturated heterocycles. The van der Waals surface area contributed by atoms with Crippen LogP contribution in [0.25, 0.3) is 11.1 Å². The van der Waals surface area contributed by atoms with Gasteiger partial charge in [0.25, 0.3) is 0 Å². The Bertz CT molecular complexity index is 969. The Balaban J connectivity index is 1.60. The van der Waals surface area contributed by atoms with Gasteiger partial charge < -0.3 is 4.74 Å². The molecule has 0 aliphatic heterocycles. The zero-order valence-corrected chi connectivity index (χ0v) is 15.3. The lowest BCUT2D eigenvalue weighted by Crippen LogP contribution is -2.15. The maximum atomic E-state index is 6.23. The van der Waals surface area contributed by atoms with Crippen LogP contribution in [0.15, 0.2) is 91.5 Å². The fourth-order valence-corrected chi connectivity index (χ4v) is 3.03. The van der Waals surface area contributed by atoms with Crippen LogP contribution >= 0.6 is 11.6 Å². The molecule has 3 aromatic carbocycles. The molecule has 1 atom stereocenters. The van der Waals surface area contributed by atoms with Gasteiger partial charge in [-0.15, -0.1) is 0 Å². The molecule has 0 saturated carbocycles. The maximum absolute atomic E-state index is 6.23. The van der Waals surface area contributed by atoms with E-state index in [1.807, 2.05) is 42.5 Å². The van der Waals surface area contributed by atoms with Crippen LogP contribution in [0.2, 0.25) is 5.02 Å². The molecule has 0 N–H and O–H groups in total. The van der Waals surface area contributed by atoms with Gasteiger partial charge in [-0.1, -0.05) is 66.2 Å². The second-order valence-electron chi connectivity index (χ2n) is 6.17. The van der Waals surface area contributed by atoms with E-state index in [-0.39, 0.29) is 6.10 Å². The molecule has 134 valence electrons. The number of aromatic nitrogens is 3. The van der Waals surface area contributed by atoms with Crippen molar-refractivity contribution in [3.8, 4) is 16.9 Å². The van der Waals surface area contributed by atoms with E-state index in [0.717, 1.165) is 11.3 Å². The molecule has 27 heavy (non-hydrogen) atoms. The SMILES string of the molecule is Clc1ccc(OC(Cn2cncn2)c2ccc(-c3ccccc3)cc2)cc1. The van der Waals surface area contributed by atoms with Crippen molar-refractivity contribution in [3.63, 3.8) is 0 Å². The molecule has 0 aliphatic rings. The third-order valence-corrected chi connectivity index (χ3v) is 4.55. The van der Waals surface area contributed by atoms with Crippen LogP contribution in [-0.2, 0) is 6.54 Å². The van der Waals surface area contributed by atoms with Gasteiger partial charge in [0.15, 0.2) is 0 Å². The summed E-state index contributed by atoms with van der Waals surface area (Å²) in [7, 11) is 0. The summed E-state index contributed by atoms with van der Waals surface area (Å²) in [6.45, 7) is 0.563. The quantitative estimate of drug-likeness (QED) is 0.451. The lowest BCUT2D eigenvalue weighted by atomic mass is 10.0. The first-order chi connectivity index (χ1) is 13.3. The molecule has 1 aromatic heterocycles. The summed E-state index contributed by atoms with van der Waals surface area (Å²) in [4.78, 5) is 4.02. The molecule has 0 aliphatic carbocycles. The highest BCUT2D eigenvalue weighted by atomic mass is 35.5.